The van der Waals surface area contributed by atoms with E-state index in [1.807, 2.05) is 20.8 Å². The first kappa shape index (κ1) is 39.7. The van der Waals surface area contributed by atoms with Gasteiger partial charge in [0.05, 0.1) is 12.2 Å². The maximum atomic E-state index is 13.5. The number of nitrogens with one attached hydrogen (secondary N) is 6. The van der Waals surface area contributed by atoms with Gasteiger partial charge >= 0.3 is 0 Å². The Morgan fingerprint density at radius 3 is 1.88 bits per heavy atom. The lowest BCUT2D eigenvalue weighted by atomic mass is 9.96. The predicted molar refractivity (Wildman–Crippen MR) is 162 cm³/mol. The lowest BCUT2D eigenvalue weighted by Crippen LogP contribution is -2.60. The van der Waals surface area contributed by atoms with Gasteiger partial charge in [0.1, 0.15) is 30.2 Å². The third-order valence-electron chi connectivity index (χ3n) is 7.01. The summed E-state index contributed by atoms with van der Waals surface area (Å²) in [5, 5.41) is 40.2. The quantitative estimate of drug-likeness (QED) is 0.0415. The van der Waals surface area contributed by atoms with Crippen molar-refractivity contribution in [2.24, 2.45) is 29.2 Å². The van der Waals surface area contributed by atoms with E-state index in [4.69, 9.17) is 16.9 Å². The van der Waals surface area contributed by atoms with Crippen LogP contribution in [0.25, 0.3) is 0 Å². The fourth-order valence-electron chi connectivity index (χ4n) is 4.06. The molecular formula is C28H53N8O7. The van der Waals surface area contributed by atoms with E-state index in [0.29, 0.717) is 12.8 Å². The number of nitrogens with two attached hydrogens (primary N) is 2. The molecule has 0 bridgehead atoms. The van der Waals surface area contributed by atoms with Crippen molar-refractivity contribution in [1.82, 2.24) is 26.6 Å². The number of carbonyl (C=O) groups is 4. The summed E-state index contributed by atoms with van der Waals surface area (Å²) in [6.07, 6.45) is 0.288. The first-order chi connectivity index (χ1) is 20.0. The highest BCUT2D eigenvalue weighted by Crippen LogP contribution is 2.12. The summed E-state index contributed by atoms with van der Waals surface area (Å²) < 4.78 is 0. The van der Waals surface area contributed by atoms with Crippen LogP contribution in [0.15, 0.2) is 0 Å². The van der Waals surface area contributed by atoms with Gasteiger partial charge in [0, 0.05) is 6.54 Å². The number of amides is 4. The maximum Gasteiger partial charge on any atom is 0.243 e. The lowest BCUT2D eigenvalue weighted by Gasteiger charge is -2.29. The molecule has 0 unspecified atom stereocenters. The summed E-state index contributed by atoms with van der Waals surface area (Å²) in [6.45, 7) is 12.2. The Bertz CT molecular complexity index is 931. The molecule has 8 atom stereocenters. The Balaban J connectivity index is 6.04. The SMILES string of the molecule is CC[C@H](C)[C@H](NC(=O)[C@@H](CCCNC(=N)N)NC(=O)[C@H](CC(C)C)NC(=O)[C@@H](N)[C@H](O)C(C)C)C(=O)N[C@H]([C]=O)[C@H](C)O. The molecule has 1 radical (unpaired) electrons. The molecule has 0 aromatic carbocycles. The number of guanidine groups is 1. The van der Waals surface area contributed by atoms with Gasteiger partial charge in [-0.05, 0) is 43.9 Å². The van der Waals surface area contributed by atoms with Crippen molar-refractivity contribution in [2.45, 2.75) is 117 Å². The van der Waals surface area contributed by atoms with Crippen molar-refractivity contribution in [2.75, 3.05) is 6.54 Å². The minimum Gasteiger partial charge on any atom is -0.391 e. The van der Waals surface area contributed by atoms with E-state index in [2.05, 4.69) is 26.6 Å². The monoisotopic (exact) mass is 613 g/mol. The van der Waals surface area contributed by atoms with Crippen LogP contribution < -0.4 is 38.1 Å². The molecular weight excluding hydrogens is 560 g/mol. The third kappa shape index (κ3) is 14.6. The molecule has 0 rings (SSSR count). The first-order valence-electron chi connectivity index (χ1n) is 14.7. The Morgan fingerprint density at radius 2 is 1.42 bits per heavy atom. The lowest BCUT2D eigenvalue weighted by molar-refractivity contribution is -0.135. The standard InChI is InChI=1S/C28H53N8O7/c1-8-16(6)22(27(43)35-20(13-37)17(7)38)36-24(40)18(10-9-11-32-28(30)31)33-25(41)19(12-14(2)3)34-26(42)21(29)23(39)15(4)5/h14-23,38-39H,8-12,29H2,1-7H3,(H,33,41)(H,34,42)(H,35,43)(H,36,40)(H4,30,31,32)/t16-,17-,18+,19-,20+,21-,22-,23+/m0/s1. The second-order valence-corrected chi connectivity index (χ2v) is 11.7. The van der Waals surface area contributed by atoms with Crippen LogP contribution in [0.4, 0.5) is 0 Å². The van der Waals surface area contributed by atoms with Crippen molar-refractivity contribution >= 4 is 35.9 Å². The highest BCUT2D eigenvalue weighted by molar-refractivity contribution is 5.95. The molecule has 4 amide bonds. The van der Waals surface area contributed by atoms with E-state index < -0.39 is 66.0 Å². The molecule has 0 fully saturated rings. The Hall–Kier alpha value is -3.30. The van der Waals surface area contributed by atoms with Crippen molar-refractivity contribution in [3.05, 3.63) is 0 Å². The summed E-state index contributed by atoms with van der Waals surface area (Å²) in [5.41, 5.74) is 11.2. The van der Waals surface area contributed by atoms with Crippen LogP contribution >= 0.6 is 0 Å². The van der Waals surface area contributed by atoms with Crippen molar-refractivity contribution in [3.8, 4) is 0 Å². The number of rotatable bonds is 20. The summed E-state index contributed by atoms with van der Waals surface area (Å²) in [7, 11) is 0. The molecule has 0 aromatic rings. The topological polar surface area (TPSA) is 262 Å². The second kappa shape index (κ2) is 19.8. The van der Waals surface area contributed by atoms with Gasteiger partial charge in [-0.1, -0.05) is 48.0 Å². The van der Waals surface area contributed by atoms with E-state index >= 15 is 0 Å². The van der Waals surface area contributed by atoms with E-state index in [1.165, 1.54) is 6.92 Å². The molecule has 0 saturated heterocycles. The molecule has 43 heavy (non-hydrogen) atoms. The second-order valence-electron chi connectivity index (χ2n) is 11.7. The van der Waals surface area contributed by atoms with Crippen LogP contribution in [0, 0.1) is 23.2 Å². The first-order valence-corrected chi connectivity index (χ1v) is 14.7. The zero-order chi connectivity index (χ0) is 33.4. The molecule has 15 heteroatoms. The van der Waals surface area contributed by atoms with Crippen LogP contribution in [0.2, 0.25) is 0 Å². The Morgan fingerprint density at radius 1 is 0.860 bits per heavy atom. The molecule has 247 valence electrons. The minimum atomic E-state index is -1.30. The summed E-state index contributed by atoms with van der Waals surface area (Å²) >= 11 is 0. The van der Waals surface area contributed by atoms with Gasteiger partial charge in [0.15, 0.2) is 5.96 Å². The number of aliphatic hydroxyl groups is 2. The number of hydrogen-bond acceptors (Lipinski definition) is 9. The van der Waals surface area contributed by atoms with Gasteiger partial charge in [0.25, 0.3) is 0 Å². The molecule has 0 saturated carbocycles. The third-order valence-corrected chi connectivity index (χ3v) is 7.01. The molecule has 0 aliphatic carbocycles. The van der Waals surface area contributed by atoms with Crippen LogP contribution in [0.5, 0.6) is 0 Å². The van der Waals surface area contributed by atoms with Crippen LogP contribution in [0.3, 0.4) is 0 Å². The zero-order valence-electron chi connectivity index (χ0n) is 26.4. The molecule has 0 heterocycles. The van der Waals surface area contributed by atoms with Crippen molar-refractivity contribution in [3.63, 3.8) is 0 Å². The average molecular weight is 614 g/mol. The van der Waals surface area contributed by atoms with Gasteiger partial charge in [-0.25, -0.2) is 0 Å². The van der Waals surface area contributed by atoms with E-state index in [0.717, 1.165) is 0 Å². The smallest absolute Gasteiger partial charge is 0.243 e. The van der Waals surface area contributed by atoms with Crippen LogP contribution in [-0.4, -0.2) is 95.0 Å². The summed E-state index contributed by atoms with van der Waals surface area (Å²) in [4.78, 5) is 64.0. The number of hydrogen-bond donors (Lipinski definition) is 10. The van der Waals surface area contributed by atoms with Crippen molar-refractivity contribution < 1.29 is 34.2 Å². The molecule has 0 spiro atoms. The van der Waals surface area contributed by atoms with E-state index in [9.17, 15) is 34.2 Å². The largest absolute Gasteiger partial charge is 0.391 e. The van der Waals surface area contributed by atoms with Gasteiger partial charge in [0.2, 0.25) is 29.9 Å². The zero-order valence-corrected chi connectivity index (χ0v) is 26.4. The Kier molecular flexibility index (Phi) is 18.3. The van der Waals surface area contributed by atoms with Crippen LogP contribution in [0.1, 0.15) is 74.1 Å². The molecule has 0 aliphatic rings. The average Bonchev–Trinajstić information content (AvgIpc) is 2.93. The highest BCUT2D eigenvalue weighted by atomic mass is 16.3. The predicted octanol–water partition coefficient (Wildman–Crippen LogP) is -1.88. The minimum absolute atomic E-state index is 0.0377. The van der Waals surface area contributed by atoms with Gasteiger partial charge in [-0.3, -0.25) is 29.4 Å². The van der Waals surface area contributed by atoms with Gasteiger partial charge < -0.3 is 48.3 Å². The number of aliphatic hydroxyl groups excluding tert-OH is 2. The van der Waals surface area contributed by atoms with E-state index in [1.54, 1.807) is 27.1 Å². The number of carbonyl (C=O) groups excluding carboxylic acids is 5. The fourth-order valence-corrected chi connectivity index (χ4v) is 4.06. The fraction of sp³-hybridized carbons (Fsp3) is 0.786. The molecule has 0 aliphatic heterocycles. The van der Waals surface area contributed by atoms with Crippen LogP contribution in [-0.2, 0) is 24.0 Å². The van der Waals surface area contributed by atoms with Crippen molar-refractivity contribution in [1.29, 1.82) is 5.41 Å². The maximum absolute atomic E-state index is 13.5. The molecule has 15 nitrogen and oxygen atoms in total. The van der Waals surface area contributed by atoms with Gasteiger partial charge in [-0.15, -0.1) is 0 Å². The van der Waals surface area contributed by atoms with Gasteiger partial charge in [-0.2, -0.15) is 0 Å². The molecule has 12 N–H and O–H groups in total. The van der Waals surface area contributed by atoms with E-state index in [-0.39, 0.29) is 43.1 Å². The molecule has 0 aromatic heterocycles. The normalized spacial score (nSPS) is 16.9. The summed E-state index contributed by atoms with van der Waals surface area (Å²) in [6, 6.07) is -5.92. The Labute approximate surface area is 254 Å². The summed E-state index contributed by atoms with van der Waals surface area (Å²) in [5.74, 6) is -3.77. The highest BCUT2D eigenvalue weighted by Gasteiger charge is 2.34.